The maximum atomic E-state index is 13.5. The lowest BCUT2D eigenvalue weighted by molar-refractivity contribution is -0.112. The van der Waals surface area contributed by atoms with E-state index in [0.29, 0.717) is 34.0 Å². The van der Waals surface area contributed by atoms with Crippen LogP contribution >= 0.6 is 11.6 Å². The zero-order valence-electron chi connectivity index (χ0n) is 18.7. The number of hydrogen-bond acceptors (Lipinski definition) is 5. The molecule has 0 spiro atoms. The van der Waals surface area contributed by atoms with E-state index in [2.05, 4.69) is 10.3 Å². The molecule has 9 heteroatoms. The van der Waals surface area contributed by atoms with Gasteiger partial charge in [0, 0.05) is 46.1 Å². The molecular formula is C25H21ClFN3O4. The number of carbonyl (C=O) groups excluding carboxylic acids is 2. The molecule has 0 saturated heterocycles. The van der Waals surface area contributed by atoms with Crippen molar-refractivity contribution in [3.63, 3.8) is 0 Å². The summed E-state index contributed by atoms with van der Waals surface area (Å²) in [4.78, 5) is 30.1. The van der Waals surface area contributed by atoms with Crippen LogP contribution in [0.5, 0.6) is 11.6 Å². The van der Waals surface area contributed by atoms with Crippen molar-refractivity contribution in [1.82, 2.24) is 9.55 Å². The fourth-order valence-corrected chi connectivity index (χ4v) is 4.01. The molecule has 2 aromatic heterocycles. The number of ketones is 1. The molecule has 0 aliphatic rings. The minimum Gasteiger partial charge on any atom is -0.496 e. The van der Waals surface area contributed by atoms with Gasteiger partial charge in [0.05, 0.1) is 19.8 Å². The van der Waals surface area contributed by atoms with Crippen LogP contribution < -0.4 is 14.8 Å². The number of benzene rings is 2. The van der Waals surface area contributed by atoms with Gasteiger partial charge in [0.2, 0.25) is 5.88 Å². The molecule has 0 aliphatic carbocycles. The van der Waals surface area contributed by atoms with E-state index in [1.165, 1.54) is 38.6 Å². The maximum absolute atomic E-state index is 13.5. The Morgan fingerprint density at radius 2 is 1.88 bits per heavy atom. The highest BCUT2D eigenvalue weighted by Gasteiger charge is 2.25. The Morgan fingerprint density at radius 1 is 1.09 bits per heavy atom. The van der Waals surface area contributed by atoms with Gasteiger partial charge in [-0.05, 0) is 48.9 Å². The summed E-state index contributed by atoms with van der Waals surface area (Å²) in [5.41, 5.74) is 2.77. The summed E-state index contributed by atoms with van der Waals surface area (Å²) in [7, 11) is 2.89. The van der Waals surface area contributed by atoms with Crippen molar-refractivity contribution in [2.75, 3.05) is 19.5 Å². The van der Waals surface area contributed by atoms with Crippen molar-refractivity contribution in [3.8, 4) is 11.6 Å². The van der Waals surface area contributed by atoms with Gasteiger partial charge in [0.25, 0.3) is 11.7 Å². The Balaban J connectivity index is 1.73. The van der Waals surface area contributed by atoms with Gasteiger partial charge in [-0.1, -0.05) is 17.7 Å². The minimum atomic E-state index is -0.828. The van der Waals surface area contributed by atoms with Crippen LogP contribution in [0, 0.1) is 12.7 Å². The number of aryl methyl sites for hydroxylation is 1. The SMILES string of the molecule is COc1cc(NC(=O)C(=O)c2c(OC)ccc3c2cc(C)n3Cc2ccc(F)cc2Cl)ccn1. The summed E-state index contributed by atoms with van der Waals surface area (Å²) in [5, 5.41) is 3.44. The van der Waals surface area contributed by atoms with Crippen molar-refractivity contribution in [2.45, 2.75) is 13.5 Å². The van der Waals surface area contributed by atoms with Gasteiger partial charge in [-0.3, -0.25) is 9.59 Å². The number of ether oxygens (including phenoxy) is 2. The summed E-state index contributed by atoms with van der Waals surface area (Å²) in [5.74, 6) is -1.42. The highest BCUT2D eigenvalue weighted by atomic mass is 35.5. The van der Waals surface area contributed by atoms with Crippen molar-refractivity contribution >= 4 is 39.9 Å². The molecule has 2 heterocycles. The zero-order valence-corrected chi connectivity index (χ0v) is 19.4. The molecule has 1 N–H and O–H groups in total. The number of halogens is 2. The molecule has 4 rings (SSSR count). The van der Waals surface area contributed by atoms with Crippen LogP contribution in [0.4, 0.5) is 10.1 Å². The van der Waals surface area contributed by atoms with Crippen molar-refractivity contribution < 1.29 is 23.5 Å². The molecule has 0 radical (unpaired) electrons. The third kappa shape index (κ3) is 4.45. The lowest BCUT2D eigenvalue weighted by atomic mass is 10.0. The van der Waals surface area contributed by atoms with E-state index in [4.69, 9.17) is 21.1 Å². The summed E-state index contributed by atoms with van der Waals surface area (Å²) in [6.07, 6.45) is 1.46. The Bertz CT molecular complexity index is 1420. The van der Waals surface area contributed by atoms with E-state index in [1.54, 1.807) is 24.3 Å². The Kier molecular flexibility index (Phi) is 6.51. The fourth-order valence-electron chi connectivity index (χ4n) is 3.78. The first kappa shape index (κ1) is 23.3. The van der Waals surface area contributed by atoms with E-state index in [1.807, 2.05) is 17.6 Å². The third-order valence-corrected chi connectivity index (χ3v) is 5.80. The number of amides is 1. The molecule has 174 valence electrons. The number of methoxy groups -OCH3 is 2. The molecule has 4 aromatic rings. The van der Waals surface area contributed by atoms with Gasteiger partial charge in [-0.15, -0.1) is 0 Å². The van der Waals surface area contributed by atoms with Gasteiger partial charge in [0.15, 0.2) is 0 Å². The number of Topliss-reactive ketones (excluding diaryl/α,β-unsaturated/α-hetero) is 1. The maximum Gasteiger partial charge on any atom is 0.296 e. The minimum absolute atomic E-state index is 0.144. The number of aromatic nitrogens is 2. The summed E-state index contributed by atoms with van der Waals surface area (Å²) in [6, 6.07) is 12.5. The normalized spacial score (nSPS) is 10.9. The summed E-state index contributed by atoms with van der Waals surface area (Å²) < 4.78 is 25.9. The summed E-state index contributed by atoms with van der Waals surface area (Å²) >= 11 is 6.23. The first-order chi connectivity index (χ1) is 16.3. The Hall–Kier alpha value is -3.91. The van der Waals surface area contributed by atoms with Crippen LogP contribution in [0.1, 0.15) is 21.6 Å². The smallest absolute Gasteiger partial charge is 0.296 e. The molecule has 0 saturated carbocycles. The number of nitrogens with zero attached hydrogens (tertiary/aromatic N) is 2. The molecule has 34 heavy (non-hydrogen) atoms. The van der Waals surface area contributed by atoms with Gasteiger partial charge < -0.3 is 19.4 Å². The molecule has 0 fully saturated rings. The van der Waals surface area contributed by atoms with E-state index in [0.717, 1.165) is 11.3 Å². The standard InChI is InChI=1S/C25H21ClFN3O4/c1-14-10-18-20(30(14)13-15-4-5-16(27)11-19(15)26)6-7-21(33-2)23(18)24(31)25(32)29-17-8-9-28-22(12-17)34-3/h4-12H,13H2,1-3H3,(H,28,29,32). The van der Waals surface area contributed by atoms with Crippen LogP contribution in [0.3, 0.4) is 0 Å². The second kappa shape index (κ2) is 9.52. The van der Waals surface area contributed by atoms with Crippen molar-refractivity contribution in [2.24, 2.45) is 0 Å². The molecule has 7 nitrogen and oxygen atoms in total. The highest BCUT2D eigenvalue weighted by molar-refractivity contribution is 6.49. The largest absolute Gasteiger partial charge is 0.496 e. The van der Waals surface area contributed by atoms with Gasteiger partial charge in [-0.2, -0.15) is 0 Å². The lowest BCUT2D eigenvalue weighted by Gasteiger charge is -2.13. The second-order valence-electron chi connectivity index (χ2n) is 7.55. The van der Waals surface area contributed by atoms with Gasteiger partial charge in [-0.25, -0.2) is 9.37 Å². The number of pyridine rings is 1. The monoisotopic (exact) mass is 481 g/mol. The zero-order chi connectivity index (χ0) is 24.4. The average molecular weight is 482 g/mol. The molecule has 0 bridgehead atoms. The molecule has 0 unspecified atom stereocenters. The first-order valence-corrected chi connectivity index (χ1v) is 10.7. The van der Waals surface area contributed by atoms with Crippen LogP contribution in [0.2, 0.25) is 5.02 Å². The Morgan fingerprint density at radius 3 is 2.59 bits per heavy atom. The van der Waals surface area contributed by atoms with E-state index >= 15 is 0 Å². The molecule has 0 aliphatic heterocycles. The number of carbonyl (C=O) groups is 2. The number of rotatable bonds is 7. The first-order valence-electron chi connectivity index (χ1n) is 10.3. The number of anilines is 1. The van der Waals surface area contributed by atoms with Crippen LogP contribution in [-0.2, 0) is 11.3 Å². The van der Waals surface area contributed by atoms with Crippen LogP contribution in [0.15, 0.2) is 54.7 Å². The molecule has 2 aromatic carbocycles. The predicted octanol–water partition coefficient (Wildman–Crippen LogP) is 5.02. The van der Waals surface area contributed by atoms with Crippen molar-refractivity contribution in [1.29, 1.82) is 0 Å². The average Bonchev–Trinajstić information content (AvgIpc) is 3.14. The molecule has 1 amide bonds. The van der Waals surface area contributed by atoms with Crippen molar-refractivity contribution in [3.05, 3.63) is 82.4 Å². The third-order valence-electron chi connectivity index (χ3n) is 5.45. The second-order valence-corrected chi connectivity index (χ2v) is 7.96. The van der Waals surface area contributed by atoms with Gasteiger partial charge >= 0.3 is 0 Å². The predicted molar refractivity (Wildman–Crippen MR) is 127 cm³/mol. The summed E-state index contributed by atoms with van der Waals surface area (Å²) in [6.45, 7) is 2.24. The molecule has 0 atom stereocenters. The van der Waals surface area contributed by atoms with E-state index < -0.39 is 17.5 Å². The number of fused-ring (bicyclic) bond motifs is 1. The highest BCUT2D eigenvalue weighted by Crippen LogP contribution is 2.32. The van der Waals surface area contributed by atoms with E-state index in [9.17, 15) is 14.0 Å². The number of hydrogen-bond donors (Lipinski definition) is 1. The fraction of sp³-hybridized carbons (Fsp3) is 0.160. The van der Waals surface area contributed by atoms with E-state index in [-0.39, 0.29) is 11.3 Å². The quantitative estimate of drug-likeness (QED) is 0.296. The van der Waals surface area contributed by atoms with Gasteiger partial charge in [0.1, 0.15) is 11.6 Å². The molecular weight excluding hydrogens is 461 g/mol. The van der Waals surface area contributed by atoms with Crippen LogP contribution in [-0.4, -0.2) is 35.5 Å². The number of nitrogens with one attached hydrogen (secondary N) is 1. The van der Waals surface area contributed by atoms with Crippen LogP contribution in [0.25, 0.3) is 10.9 Å². The lowest BCUT2D eigenvalue weighted by Crippen LogP contribution is -2.23. The Labute approximate surface area is 200 Å². The topological polar surface area (TPSA) is 82.5 Å².